The highest BCUT2D eigenvalue weighted by Gasteiger charge is 2.14. The minimum absolute atomic E-state index is 0.0199. The van der Waals surface area contributed by atoms with Gasteiger partial charge in [-0.05, 0) is 24.3 Å². The molecule has 0 aliphatic heterocycles. The van der Waals surface area contributed by atoms with Gasteiger partial charge >= 0.3 is 5.69 Å². The van der Waals surface area contributed by atoms with Gasteiger partial charge < -0.3 is 5.32 Å². The molecule has 3 aromatic rings. The van der Waals surface area contributed by atoms with Gasteiger partial charge in [-0.1, -0.05) is 41.0 Å². The molecule has 2 N–H and O–H groups in total. The summed E-state index contributed by atoms with van der Waals surface area (Å²) in [5, 5.41) is 9.99. The smallest absolute Gasteiger partial charge is 0.323 e. The first kappa shape index (κ1) is 17.5. The third kappa shape index (κ3) is 4.04. The lowest BCUT2D eigenvalue weighted by molar-refractivity contribution is -0.113. The second-order valence-corrected chi connectivity index (χ2v) is 6.55. The molecule has 0 atom stereocenters. The molecule has 2 heterocycles. The van der Waals surface area contributed by atoms with Crippen LogP contribution in [0, 0.1) is 0 Å². The molecule has 0 radical (unpaired) electrons. The maximum Gasteiger partial charge on any atom is 0.348 e. The molecule has 0 spiro atoms. The molecule has 0 bridgehead atoms. The van der Waals surface area contributed by atoms with Crippen LogP contribution < -0.4 is 11.0 Å². The van der Waals surface area contributed by atoms with Crippen LogP contribution in [0.15, 0.2) is 52.7 Å². The number of halogens is 2. The van der Waals surface area contributed by atoms with Gasteiger partial charge in [0.1, 0.15) is 0 Å². The normalized spacial score (nSPS) is 10.6. The van der Waals surface area contributed by atoms with Crippen LogP contribution in [0.4, 0.5) is 5.69 Å². The van der Waals surface area contributed by atoms with E-state index in [9.17, 15) is 9.59 Å². The fraction of sp³-hybridized carbons (Fsp3) is 0.0667. The van der Waals surface area contributed by atoms with Crippen molar-refractivity contribution < 1.29 is 4.79 Å². The Balaban J connectivity index is 1.73. The summed E-state index contributed by atoms with van der Waals surface area (Å²) < 4.78 is 1.34. The number of amides is 1. The summed E-state index contributed by atoms with van der Waals surface area (Å²) in [5.41, 5.74) is 0.492. The zero-order valence-electron chi connectivity index (χ0n) is 12.6. The summed E-state index contributed by atoms with van der Waals surface area (Å²) in [6.07, 6.45) is 3.13. The van der Waals surface area contributed by atoms with Crippen molar-refractivity contribution in [2.24, 2.45) is 0 Å². The summed E-state index contributed by atoms with van der Waals surface area (Å²) in [4.78, 5) is 28.1. The molecular weight excluding hydrogens is 385 g/mol. The molecule has 3 rings (SSSR count). The van der Waals surface area contributed by atoms with Crippen LogP contribution in [-0.4, -0.2) is 31.4 Å². The van der Waals surface area contributed by atoms with Gasteiger partial charge in [-0.15, -0.1) is 5.10 Å². The van der Waals surface area contributed by atoms with Gasteiger partial charge in [-0.2, -0.15) is 0 Å². The highest BCUT2D eigenvalue weighted by molar-refractivity contribution is 7.99. The molecule has 2 aromatic heterocycles. The van der Waals surface area contributed by atoms with Crippen LogP contribution in [0.1, 0.15) is 0 Å². The molecule has 0 saturated carbocycles. The van der Waals surface area contributed by atoms with E-state index in [1.165, 1.54) is 10.8 Å². The molecule has 7 nitrogen and oxygen atoms in total. The van der Waals surface area contributed by atoms with Crippen molar-refractivity contribution in [3.8, 4) is 5.69 Å². The molecular formula is C15H11Cl2N5O2S. The number of aromatic nitrogens is 4. The third-order valence-electron chi connectivity index (χ3n) is 3.11. The zero-order chi connectivity index (χ0) is 17.8. The van der Waals surface area contributed by atoms with E-state index in [0.717, 1.165) is 11.8 Å². The van der Waals surface area contributed by atoms with Gasteiger partial charge in [0.15, 0.2) is 5.16 Å². The van der Waals surface area contributed by atoms with E-state index in [-0.39, 0.29) is 11.7 Å². The summed E-state index contributed by atoms with van der Waals surface area (Å²) in [5.74, 6) is -0.306. The number of anilines is 1. The van der Waals surface area contributed by atoms with Gasteiger partial charge in [-0.25, -0.2) is 14.5 Å². The second kappa shape index (κ2) is 7.73. The Morgan fingerprint density at radius 2 is 2.00 bits per heavy atom. The number of hydrogen-bond acceptors (Lipinski definition) is 5. The molecule has 1 amide bonds. The first-order valence-corrected chi connectivity index (χ1v) is 8.75. The third-order valence-corrected chi connectivity index (χ3v) is 4.67. The SMILES string of the molecule is O=C(CSc1n[nH]c(=O)n1-c1cccnc1)Nc1c(Cl)cccc1Cl. The molecule has 0 aliphatic rings. The van der Waals surface area contributed by atoms with E-state index in [2.05, 4.69) is 20.5 Å². The number of nitrogens with one attached hydrogen (secondary N) is 2. The Morgan fingerprint density at radius 1 is 1.24 bits per heavy atom. The van der Waals surface area contributed by atoms with Crippen LogP contribution >= 0.6 is 35.0 Å². The zero-order valence-corrected chi connectivity index (χ0v) is 14.9. The largest absolute Gasteiger partial charge is 0.348 e. The van der Waals surface area contributed by atoms with Gasteiger partial charge in [0.05, 0.1) is 33.4 Å². The molecule has 10 heteroatoms. The highest BCUT2D eigenvalue weighted by atomic mass is 35.5. The van der Waals surface area contributed by atoms with E-state index in [1.54, 1.807) is 36.5 Å². The Hall–Kier alpha value is -2.29. The molecule has 1 aromatic carbocycles. The van der Waals surface area contributed by atoms with Crippen molar-refractivity contribution in [3.63, 3.8) is 0 Å². The number of pyridine rings is 1. The molecule has 0 unspecified atom stereocenters. The topological polar surface area (TPSA) is 92.7 Å². The Bertz CT molecular complexity index is 938. The molecule has 0 saturated heterocycles. The van der Waals surface area contributed by atoms with Gasteiger partial charge in [-0.3, -0.25) is 9.78 Å². The maximum atomic E-state index is 12.2. The first-order valence-electron chi connectivity index (χ1n) is 7.01. The van der Waals surface area contributed by atoms with Crippen molar-refractivity contribution in [1.29, 1.82) is 0 Å². The van der Waals surface area contributed by atoms with Crippen LogP contribution in [0.25, 0.3) is 5.69 Å². The summed E-state index contributed by atoms with van der Waals surface area (Å²) in [6, 6.07) is 8.37. The second-order valence-electron chi connectivity index (χ2n) is 4.79. The average Bonchev–Trinajstić information content (AvgIpc) is 2.98. The van der Waals surface area contributed by atoms with Crippen molar-refractivity contribution in [2.45, 2.75) is 5.16 Å². The van der Waals surface area contributed by atoms with E-state index in [0.29, 0.717) is 26.6 Å². The van der Waals surface area contributed by atoms with E-state index < -0.39 is 5.69 Å². The van der Waals surface area contributed by atoms with E-state index >= 15 is 0 Å². The van der Waals surface area contributed by atoms with E-state index in [4.69, 9.17) is 23.2 Å². The fourth-order valence-electron chi connectivity index (χ4n) is 2.02. The lowest BCUT2D eigenvalue weighted by atomic mass is 10.3. The molecule has 128 valence electrons. The van der Waals surface area contributed by atoms with Gasteiger partial charge in [0.2, 0.25) is 5.91 Å². The number of nitrogens with zero attached hydrogens (tertiary/aromatic N) is 3. The number of aromatic amines is 1. The van der Waals surface area contributed by atoms with Crippen molar-refractivity contribution in [1.82, 2.24) is 19.7 Å². The summed E-state index contributed by atoms with van der Waals surface area (Å²) in [7, 11) is 0. The average molecular weight is 396 g/mol. The Kier molecular flexibility index (Phi) is 5.42. The van der Waals surface area contributed by atoms with Crippen molar-refractivity contribution >= 4 is 46.6 Å². The lowest BCUT2D eigenvalue weighted by Gasteiger charge is -2.09. The molecule has 0 aliphatic carbocycles. The predicted octanol–water partition coefficient (Wildman–Crippen LogP) is 2.99. The number of carbonyl (C=O) groups is 1. The van der Waals surface area contributed by atoms with Crippen molar-refractivity contribution in [3.05, 3.63) is 63.3 Å². The lowest BCUT2D eigenvalue weighted by Crippen LogP contribution is -2.17. The Morgan fingerprint density at radius 3 is 2.68 bits per heavy atom. The van der Waals surface area contributed by atoms with Crippen molar-refractivity contribution in [2.75, 3.05) is 11.1 Å². The fourth-order valence-corrected chi connectivity index (χ4v) is 3.27. The first-order chi connectivity index (χ1) is 12.1. The number of para-hydroxylation sites is 1. The number of thioether (sulfide) groups is 1. The maximum absolute atomic E-state index is 12.2. The number of carbonyl (C=O) groups excluding carboxylic acids is 1. The number of hydrogen-bond donors (Lipinski definition) is 2. The highest BCUT2D eigenvalue weighted by Crippen LogP contribution is 2.30. The molecule has 0 fully saturated rings. The standard InChI is InChI=1S/C15H11Cl2N5O2S/c16-10-4-1-5-11(17)13(10)19-12(23)8-25-15-21-20-14(24)22(15)9-3-2-6-18-7-9/h1-7H,8H2,(H,19,23)(H,20,24). The number of H-pyrrole nitrogens is 1. The quantitative estimate of drug-likeness (QED) is 0.647. The van der Waals surface area contributed by atoms with Crippen LogP contribution in [0.5, 0.6) is 0 Å². The minimum Gasteiger partial charge on any atom is -0.323 e. The number of rotatable bonds is 5. The minimum atomic E-state index is -0.412. The van der Waals surface area contributed by atoms with E-state index in [1.807, 2.05) is 0 Å². The van der Waals surface area contributed by atoms with Gasteiger partial charge in [0, 0.05) is 6.20 Å². The van der Waals surface area contributed by atoms with Crippen LogP contribution in [0.3, 0.4) is 0 Å². The van der Waals surface area contributed by atoms with Gasteiger partial charge in [0.25, 0.3) is 0 Å². The summed E-state index contributed by atoms with van der Waals surface area (Å²) >= 11 is 13.1. The predicted molar refractivity (Wildman–Crippen MR) is 97.8 cm³/mol. The Labute approximate surface area is 156 Å². The summed E-state index contributed by atoms with van der Waals surface area (Å²) in [6.45, 7) is 0. The van der Waals surface area contributed by atoms with Crippen LogP contribution in [0.2, 0.25) is 10.0 Å². The van der Waals surface area contributed by atoms with Crippen LogP contribution in [-0.2, 0) is 4.79 Å². The monoisotopic (exact) mass is 395 g/mol. The molecule has 25 heavy (non-hydrogen) atoms. The number of benzene rings is 1.